The van der Waals surface area contributed by atoms with Crippen LogP contribution in [0, 0.1) is 5.41 Å². The first-order valence-electron chi connectivity index (χ1n) is 7.42. The van der Waals surface area contributed by atoms with Gasteiger partial charge in [0.25, 0.3) is 0 Å². The molecule has 1 aromatic rings. The molecule has 0 bridgehead atoms. The Hall–Kier alpha value is -1.71. The van der Waals surface area contributed by atoms with Crippen LogP contribution in [0.2, 0.25) is 0 Å². The molecule has 0 aromatic heterocycles. The second-order valence-corrected chi connectivity index (χ2v) is 7.16. The highest BCUT2D eigenvalue weighted by Gasteiger charge is 2.26. The van der Waals surface area contributed by atoms with Crippen LogP contribution < -0.4 is 15.4 Å². The van der Waals surface area contributed by atoms with E-state index in [-0.39, 0.29) is 17.0 Å². The van der Waals surface area contributed by atoms with Crippen LogP contribution in [0.1, 0.15) is 41.0 Å². The summed E-state index contributed by atoms with van der Waals surface area (Å²) < 4.78 is 5.52. The molecule has 2 N–H and O–H groups in total. The molecule has 21 heavy (non-hydrogen) atoms. The summed E-state index contributed by atoms with van der Waals surface area (Å²) >= 11 is 0. The molecule has 0 unspecified atom stereocenters. The standard InChI is InChI=1S/C17H28N2O2/c1-16(2,3)13-17(4,5)19-15(20)18-11-12-21-14-9-7-6-8-10-14/h6-10H,11-13H2,1-5H3,(H2,18,19,20). The Bertz CT molecular complexity index is 436. The van der Waals surface area contributed by atoms with Crippen molar-refractivity contribution in [3.63, 3.8) is 0 Å². The van der Waals surface area contributed by atoms with Gasteiger partial charge in [0.2, 0.25) is 0 Å². The average molecular weight is 292 g/mol. The topological polar surface area (TPSA) is 50.4 Å². The molecule has 0 atom stereocenters. The molecule has 118 valence electrons. The summed E-state index contributed by atoms with van der Waals surface area (Å²) in [6.07, 6.45) is 0.911. The van der Waals surface area contributed by atoms with E-state index in [2.05, 4.69) is 31.4 Å². The molecule has 4 heteroatoms. The first-order valence-corrected chi connectivity index (χ1v) is 7.42. The number of benzene rings is 1. The summed E-state index contributed by atoms with van der Waals surface area (Å²) in [4.78, 5) is 11.9. The first-order chi connectivity index (χ1) is 9.68. The van der Waals surface area contributed by atoms with Gasteiger partial charge < -0.3 is 15.4 Å². The van der Waals surface area contributed by atoms with Crippen molar-refractivity contribution in [2.24, 2.45) is 5.41 Å². The molecule has 0 radical (unpaired) electrons. The lowest BCUT2D eigenvalue weighted by atomic mass is 9.82. The second-order valence-electron chi connectivity index (χ2n) is 7.16. The lowest BCUT2D eigenvalue weighted by molar-refractivity contribution is 0.208. The van der Waals surface area contributed by atoms with Crippen LogP contribution >= 0.6 is 0 Å². The Labute approximate surface area is 128 Å². The zero-order valence-corrected chi connectivity index (χ0v) is 13.8. The highest BCUT2D eigenvalue weighted by molar-refractivity contribution is 5.74. The van der Waals surface area contributed by atoms with E-state index >= 15 is 0 Å². The summed E-state index contributed by atoms with van der Waals surface area (Å²) in [6.45, 7) is 11.5. The maximum Gasteiger partial charge on any atom is 0.315 e. The fraction of sp³-hybridized carbons (Fsp3) is 0.588. The fourth-order valence-electron chi connectivity index (χ4n) is 2.57. The summed E-state index contributed by atoms with van der Waals surface area (Å²) in [5.41, 5.74) is -0.0597. The van der Waals surface area contributed by atoms with Crippen LogP contribution in [-0.2, 0) is 0 Å². The van der Waals surface area contributed by atoms with E-state index in [1.54, 1.807) is 0 Å². The van der Waals surface area contributed by atoms with E-state index in [0.717, 1.165) is 12.2 Å². The minimum atomic E-state index is -0.234. The molecule has 0 spiro atoms. The lowest BCUT2D eigenvalue weighted by Gasteiger charge is -2.33. The Morgan fingerprint density at radius 3 is 2.29 bits per heavy atom. The zero-order valence-electron chi connectivity index (χ0n) is 13.8. The van der Waals surface area contributed by atoms with Crippen molar-refractivity contribution in [3.05, 3.63) is 30.3 Å². The molecular formula is C17H28N2O2. The average Bonchev–Trinajstić information content (AvgIpc) is 2.32. The van der Waals surface area contributed by atoms with Gasteiger partial charge in [-0.3, -0.25) is 0 Å². The number of carbonyl (C=O) groups is 1. The smallest absolute Gasteiger partial charge is 0.315 e. The Balaban J connectivity index is 2.25. The quantitative estimate of drug-likeness (QED) is 0.787. The monoisotopic (exact) mass is 292 g/mol. The number of carbonyl (C=O) groups excluding carboxylic acids is 1. The normalized spacial score (nSPS) is 11.9. The van der Waals surface area contributed by atoms with Crippen LogP contribution in [0.5, 0.6) is 5.75 Å². The van der Waals surface area contributed by atoms with Crippen molar-refractivity contribution < 1.29 is 9.53 Å². The minimum Gasteiger partial charge on any atom is -0.492 e. The summed E-state index contributed by atoms with van der Waals surface area (Å²) in [7, 11) is 0. The molecule has 2 amide bonds. The van der Waals surface area contributed by atoms with Crippen LogP contribution in [0.3, 0.4) is 0 Å². The van der Waals surface area contributed by atoms with Crippen molar-refractivity contribution in [3.8, 4) is 5.75 Å². The van der Waals surface area contributed by atoms with Crippen molar-refractivity contribution in [2.45, 2.75) is 46.6 Å². The highest BCUT2D eigenvalue weighted by atomic mass is 16.5. The molecule has 0 fully saturated rings. The molecule has 0 saturated carbocycles. The van der Waals surface area contributed by atoms with Gasteiger partial charge in [-0.1, -0.05) is 39.0 Å². The SMILES string of the molecule is CC(C)(C)CC(C)(C)NC(=O)NCCOc1ccccc1. The number of hydrogen-bond acceptors (Lipinski definition) is 2. The Morgan fingerprint density at radius 1 is 1.10 bits per heavy atom. The fourth-order valence-corrected chi connectivity index (χ4v) is 2.57. The van der Waals surface area contributed by atoms with Gasteiger partial charge >= 0.3 is 6.03 Å². The van der Waals surface area contributed by atoms with Crippen LogP contribution in [0.15, 0.2) is 30.3 Å². The highest BCUT2D eigenvalue weighted by Crippen LogP contribution is 2.26. The number of hydrogen-bond donors (Lipinski definition) is 2. The third-order valence-electron chi connectivity index (χ3n) is 2.82. The lowest BCUT2D eigenvalue weighted by Crippen LogP contribution is -2.50. The van der Waals surface area contributed by atoms with E-state index in [4.69, 9.17) is 4.74 Å². The number of urea groups is 1. The maximum atomic E-state index is 11.9. The van der Waals surface area contributed by atoms with Crippen molar-refractivity contribution in [1.29, 1.82) is 0 Å². The molecule has 1 rings (SSSR count). The summed E-state index contributed by atoms with van der Waals surface area (Å²) in [5.74, 6) is 0.813. The third-order valence-corrected chi connectivity index (χ3v) is 2.82. The van der Waals surface area contributed by atoms with Crippen LogP contribution in [0.4, 0.5) is 4.79 Å². The van der Waals surface area contributed by atoms with Crippen LogP contribution in [-0.4, -0.2) is 24.7 Å². The molecular weight excluding hydrogens is 264 g/mol. The zero-order chi connectivity index (χ0) is 15.9. The second kappa shape index (κ2) is 7.34. The molecule has 0 aliphatic carbocycles. The van der Waals surface area contributed by atoms with Gasteiger partial charge in [0.15, 0.2) is 0 Å². The predicted molar refractivity (Wildman–Crippen MR) is 86.6 cm³/mol. The largest absolute Gasteiger partial charge is 0.492 e. The van der Waals surface area contributed by atoms with Gasteiger partial charge in [-0.2, -0.15) is 0 Å². The van der Waals surface area contributed by atoms with Gasteiger partial charge in [-0.15, -0.1) is 0 Å². The van der Waals surface area contributed by atoms with Gasteiger partial charge in [0, 0.05) is 5.54 Å². The van der Waals surface area contributed by atoms with Crippen molar-refractivity contribution in [1.82, 2.24) is 10.6 Å². The van der Waals surface area contributed by atoms with Gasteiger partial charge in [-0.05, 0) is 37.8 Å². The van der Waals surface area contributed by atoms with Crippen LogP contribution in [0.25, 0.3) is 0 Å². The molecule has 0 heterocycles. The molecule has 1 aromatic carbocycles. The van der Waals surface area contributed by atoms with E-state index in [9.17, 15) is 4.79 Å². The number of amides is 2. The first kappa shape index (κ1) is 17.3. The summed E-state index contributed by atoms with van der Waals surface area (Å²) in [5, 5.41) is 5.83. The van der Waals surface area contributed by atoms with Gasteiger partial charge in [0.05, 0.1) is 6.54 Å². The summed E-state index contributed by atoms with van der Waals surface area (Å²) in [6, 6.07) is 9.42. The van der Waals surface area contributed by atoms with Crippen molar-refractivity contribution >= 4 is 6.03 Å². The Kier molecular flexibility index (Phi) is 6.06. The minimum absolute atomic E-state index is 0.152. The van der Waals surface area contributed by atoms with E-state index in [1.165, 1.54) is 0 Å². The van der Waals surface area contributed by atoms with Gasteiger partial charge in [0.1, 0.15) is 12.4 Å². The number of nitrogens with one attached hydrogen (secondary N) is 2. The van der Waals surface area contributed by atoms with E-state index in [1.807, 2.05) is 44.2 Å². The van der Waals surface area contributed by atoms with E-state index in [0.29, 0.717) is 13.2 Å². The number of ether oxygens (including phenoxy) is 1. The van der Waals surface area contributed by atoms with E-state index < -0.39 is 0 Å². The maximum absolute atomic E-state index is 11.9. The molecule has 0 saturated heterocycles. The third kappa shape index (κ3) is 8.23. The number of rotatable bonds is 6. The molecule has 4 nitrogen and oxygen atoms in total. The molecule has 0 aliphatic heterocycles. The number of para-hydroxylation sites is 1. The predicted octanol–water partition coefficient (Wildman–Crippen LogP) is 3.58. The van der Waals surface area contributed by atoms with Crippen molar-refractivity contribution in [2.75, 3.05) is 13.2 Å². The molecule has 0 aliphatic rings. The van der Waals surface area contributed by atoms with Gasteiger partial charge in [-0.25, -0.2) is 4.79 Å². The Morgan fingerprint density at radius 2 is 1.71 bits per heavy atom.